The minimum absolute atomic E-state index is 0.00687. The summed E-state index contributed by atoms with van der Waals surface area (Å²) in [6.07, 6.45) is 5.41. The second-order valence-corrected chi connectivity index (χ2v) is 5.14. The van der Waals surface area contributed by atoms with E-state index in [2.05, 4.69) is 16.9 Å². The van der Waals surface area contributed by atoms with Crippen molar-refractivity contribution in [2.24, 2.45) is 0 Å². The number of hydrogen-bond donors (Lipinski definition) is 1. The minimum Gasteiger partial charge on any atom is -0.352 e. The molecule has 0 aliphatic rings. The fourth-order valence-corrected chi connectivity index (χ4v) is 2.43. The molecule has 0 aliphatic carbocycles. The van der Waals surface area contributed by atoms with Gasteiger partial charge in [-0.05, 0) is 19.1 Å². The van der Waals surface area contributed by atoms with Crippen molar-refractivity contribution in [3.05, 3.63) is 43.2 Å². The molecule has 0 saturated heterocycles. The van der Waals surface area contributed by atoms with Gasteiger partial charge in [0.05, 0.1) is 17.0 Å². The normalized spacial score (nSPS) is 12.3. The Kier molecular flexibility index (Phi) is 4.04. The number of amides is 1. The Morgan fingerprint density at radius 1 is 1.67 bits per heavy atom. The van der Waals surface area contributed by atoms with Gasteiger partial charge in [0.25, 0.3) is 0 Å². The topological polar surface area (TPSA) is 46.4 Å². The molecule has 0 saturated carbocycles. The quantitative estimate of drug-likeness (QED) is 0.662. The number of hydrogen-bond acceptors (Lipinski definition) is 3. The lowest BCUT2D eigenvalue weighted by Crippen LogP contribution is -2.30. The smallest absolute Gasteiger partial charge is 0.233 e. The minimum atomic E-state index is -0.184. The average Bonchev–Trinajstić information content (AvgIpc) is 2.79. The van der Waals surface area contributed by atoms with Crippen LogP contribution in [0, 0.1) is 0 Å². The van der Waals surface area contributed by atoms with Gasteiger partial charge in [-0.15, -0.1) is 6.58 Å². The zero-order valence-electron chi connectivity index (χ0n) is 10.2. The van der Waals surface area contributed by atoms with E-state index >= 15 is 0 Å². The van der Waals surface area contributed by atoms with Crippen molar-refractivity contribution in [3.63, 3.8) is 0 Å². The van der Waals surface area contributed by atoms with Crippen molar-refractivity contribution in [1.82, 2.24) is 14.7 Å². The maximum Gasteiger partial charge on any atom is 0.233 e. The van der Waals surface area contributed by atoms with Gasteiger partial charge >= 0.3 is 0 Å². The van der Waals surface area contributed by atoms with Gasteiger partial charge in [-0.1, -0.05) is 23.9 Å². The van der Waals surface area contributed by atoms with E-state index in [0.29, 0.717) is 6.54 Å². The van der Waals surface area contributed by atoms with Crippen LogP contribution in [-0.2, 0) is 4.79 Å². The van der Waals surface area contributed by atoms with E-state index in [1.54, 1.807) is 12.3 Å². The summed E-state index contributed by atoms with van der Waals surface area (Å²) in [7, 11) is 0. The van der Waals surface area contributed by atoms with Gasteiger partial charge in [-0.25, -0.2) is 4.98 Å². The summed E-state index contributed by atoms with van der Waals surface area (Å²) in [5.41, 5.74) is 1.03. The highest BCUT2D eigenvalue weighted by Crippen LogP contribution is 2.22. The molecule has 1 N–H and O–H groups in total. The van der Waals surface area contributed by atoms with E-state index in [9.17, 15) is 4.79 Å². The van der Waals surface area contributed by atoms with Crippen molar-refractivity contribution in [1.29, 1.82) is 0 Å². The van der Waals surface area contributed by atoms with Crippen LogP contribution in [0.3, 0.4) is 0 Å². The van der Waals surface area contributed by atoms with Crippen LogP contribution in [0.4, 0.5) is 0 Å². The molecule has 0 aliphatic heterocycles. The Morgan fingerprint density at radius 2 is 2.50 bits per heavy atom. The second-order valence-electron chi connectivity index (χ2n) is 3.83. The zero-order chi connectivity index (χ0) is 13.0. The molecule has 0 fully saturated rings. The van der Waals surface area contributed by atoms with E-state index in [1.807, 2.05) is 35.7 Å². The van der Waals surface area contributed by atoms with Crippen molar-refractivity contribution in [2.45, 2.75) is 17.3 Å². The maximum atomic E-state index is 11.7. The largest absolute Gasteiger partial charge is 0.352 e. The number of nitrogens with zero attached hydrogens (tertiary/aromatic N) is 2. The number of aromatic nitrogens is 2. The molecule has 0 radical (unpaired) electrons. The third kappa shape index (κ3) is 2.73. The third-order valence-electron chi connectivity index (χ3n) is 2.48. The lowest BCUT2D eigenvalue weighted by molar-refractivity contribution is -0.120. The van der Waals surface area contributed by atoms with Gasteiger partial charge < -0.3 is 5.32 Å². The summed E-state index contributed by atoms with van der Waals surface area (Å²) < 4.78 is 1.97. The Hall–Kier alpha value is -1.75. The number of carbonyl (C=O) groups is 1. The van der Waals surface area contributed by atoms with E-state index in [-0.39, 0.29) is 11.2 Å². The fraction of sp³-hybridized carbons (Fsp3) is 0.231. The summed E-state index contributed by atoms with van der Waals surface area (Å²) in [5.74, 6) is -0.00687. The number of carbonyl (C=O) groups excluding carboxylic acids is 1. The molecule has 5 heteroatoms. The number of fused-ring (bicyclic) bond motifs is 1. The molecule has 1 atom stereocenters. The SMILES string of the molecule is C=CCNC(=O)C(C)Sc1ncc2ccccn12. The number of nitrogens with one attached hydrogen (secondary N) is 1. The van der Waals surface area contributed by atoms with E-state index in [4.69, 9.17) is 0 Å². The van der Waals surface area contributed by atoms with Gasteiger partial charge in [0, 0.05) is 12.7 Å². The molecule has 18 heavy (non-hydrogen) atoms. The van der Waals surface area contributed by atoms with Crippen molar-refractivity contribution >= 4 is 23.2 Å². The van der Waals surface area contributed by atoms with Gasteiger partial charge in [-0.3, -0.25) is 9.20 Å². The number of pyridine rings is 1. The first-order valence-electron chi connectivity index (χ1n) is 5.69. The molecule has 94 valence electrons. The van der Waals surface area contributed by atoms with Gasteiger partial charge in [0.1, 0.15) is 0 Å². The molecule has 1 unspecified atom stereocenters. The predicted octanol–water partition coefficient (Wildman–Crippen LogP) is 2.12. The van der Waals surface area contributed by atoms with E-state index < -0.39 is 0 Å². The monoisotopic (exact) mass is 261 g/mol. The summed E-state index contributed by atoms with van der Waals surface area (Å²) in [5, 5.41) is 3.42. The summed E-state index contributed by atoms with van der Waals surface area (Å²) in [4.78, 5) is 16.1. The van der Waals surface area contributed by atoms with Crippen LogP contribution in [0.1, 0.15) is 6.92 Å². The fourth-order valence-electron chi connectivity index (χ4n) is 1.53. The Morgan fingerprint density at radius 3 is 3.28 bits per heavy atom. The first kappa shape index (κ1) is 12.7. The highest BCUT2D eigenvalue weighted by atomic mass is 32.2. The average molecular weight is 261 g/mol. The Bertz CT molecular complexity index is 564. The molecular weight excluding hydrogens is 246 g/mol. The standard InChI is InChI=1S/C13H15N3OS/c1-3-7-14-12(17)10(2)18-13-15-9-11-6-4-5-8-16(11)13/h3-6,8-10H,1,7H2,2H3,(H,14,17). The van der Waals surface area contributed by atoms with Crippen LogP contribution >= 0.6 is 11.8 Å². The number of rotatable bonds is 5. The Labute approximate surface area is 110 Å². The molecule has 2 rings (SSSR count). The lowest BCUT2D eigenvalue weighted by Gasteiger charge is -2.09. The van der Waals surface area contributed by atoms with Crippen LogP contribution in [0.25, 0.3) is 5.52 Å². The molecule has 4 nitrogen and oxygen atoms in total. The van der Waals surface area contributed by atoms with Crippen LogP contribution in [0.15, 0.2) is 48.4 Å². The maximum absolute atomic E-state index is 11.7. The predicted molar refractivity (Wildman–Crippen MR) is 73.7 cm³/mol. The molecule has 0 bridgehead atoms. The summed E-state index contributed by atoms with van der Waals surface area (Å²) in [6.45, 7) is 5.93. The molecule has 0 spiro atoms. The molecule has 0 aromatic carbocycles. The van der Waals surface area contributed by atoms with Gasteiger partial charge in [-0.2, -0.15) is 0 Å². The van der Waals surface area contributed by atoms with E-state index in [1.165, 1.54) is 11.8 Å². The van der Waals surface area contributed by atoms with Gasteiger partial charge in [0.15, 0.2) is 5.16 Å². The molecule has 2 aromatic heterocycles. The zero-order valence-corrected chi connectivity index (χ0v) is 11.0. The third-order valence-corrected chi connectivity index (χ3v) is 3.56. The van der Waals surface area contributed by atoms with Crippen LogP contribution < -0.4 is 5.32 Å². The van der Waals surface area contributed by atoms with Crippen LogP contribution in [-0.4, -0.2) is 27.1 Å². The summed E-state index contributed by atoms with van der Waals surface area (Å²) in [6, 6.07) is 5.90. The summed E-state index contributed by atoms with van der Waals surface area (Å²) >= 11 is 1.44. The van der Waals surface area contributed by atoms with Crippen LogP contribution in [0.5, 0.6) is 0 Å². The molecule has 2 heterocycles. The first-order valence-corrected chi connectivity index (χ1v) is 6.57. The van der Waals surface area contributed by atoms with Crippen LogP contribution in [0.2, 0.25) is 0 Å². The highest BCUT2D eigenvalue weighted by molar-refractivity contribution is 8.00. The Balaban J connectivity index is 2.09. The molecule has 1 amide bonds. The molecular formula is C13H15N3OS. The highest BCUT2D eigenvalue weighted by Gasteiger charge is 2.16. The first-order chi connectivity index (χ1) is 8.72. The number of thioether (sulfide) groups is 1. The van der Waals surface area contributed by atoms with Crippen molar-refractivity contribution < 1.29 is 4.79 Å². The number of imidazole rings is 1. The lowest BCUT2D eigenvalue weighted by atomic mass is 10.4. The van der Waals surface area contributed by atoms with E-state index in [0.717, 1.165) is 10.7 Å². The van der Waals surface area contributed by atoms with Gasteiger partial charge in [0.2, 0.25) is 5.91 Å². The molecule has 2 aromatic rings. The second kappa shape index (κ2) is 5.73. The van der Waals surface area contributed by atoms with Crippen molar-refractivity contribution in [2.75, 3.05) is 6.54 Å². The van der Waals surface area contributed by atoms with Crippen molar-refractivity contribution in [3.8, 4) is 0 Å².